The first-order chi connectivity index (χ1) is 14.9. The van der Waals surface area contributed by atoms with E-state index in [9.17, 15) is 14.0 Å². The van der Waals surface area contributed by atoms with E-state index in [1.165, 1.54) is 25.1 Å². The van der Waals surface area contributed by atoms with E-state index in [0.29, 0.717) is 48.9 Å². The highest BCUT2D eigenvalue weighted by molar-refractivity contribution is 6.31. The number of halogens is 2. The number of rotatable bonds is 4. The highest BCUT2D eigenvalue weighted by Gasteiger charge is 2.28. The third-order valence-corrected chi connectivity index (χ3v) is 5.49. The predicted octanol–water partition coefficient (Wildman–Crippen LogP) is 4.51. The molecule has 0 atom stereocenters. The van der Waals surface area contributed by atoms with Crippen molar-refractivity contribution in [3.63, 3.8) is 0 Å². The summed E-state index contributed by atoms with van der Waals surface area (Å²) in [6, 6.07) is 11.2. The maximum Gasteiger partial charge on any atom is 0.253 e. The van der Waals surface area contributed by atoms with Crippen LogP contribution in [0.15, 0.2) is 47.0 Å². The number of aromatic nitrogens is 2. The highest BCUT2D eigenvalue weighted by Crippen LogP contribution is 2.30. The van der Waals surface area contributed by atoms with Gasteiger partial charge in [0.15, 0.2) is 0 Å². The van der Waals surface area contributed by atoms with Gasteiger partial charge in [-0.3, -0.25) is 9.59 Å². The molecule has 31 heavy (non-hydrogen) atoms. The summed E-state index contributed by atoms with van der Waals surface area (Å²) in [5.74, 6) is 0.212. The molecule has 1 aliphatic heterocycles. The SMILES string of the molecule is CC(=O)Nc1ccc(-c2noc(C3CCN(C(=O)c4ccc(F)c(Cl)c4)CC3)n2)cc1. The summed E-state index contributed by atoms with van der Waals surface area (Å²) < 4.78 is 18.8. The fourth-order valence-electron chi connectivity index (χ4n) is 3.57. The first kappa shape index (κ1) is 21.0. The molecule has 0 saturated carbocycles. The van der Waals surface area contributed by atoms with Crippen LogP contribution in [0.4, 0.5) is 10.1 Å². The minimum atomic E-state index is -0.547. The lowest BCUT2D eigenvalue weighted by Gasteiger charge is -2.30. The average Bonchev–Trinajstić information content (AvgIpc) is 3.26. The van der Waals surface area contributed by atoms with Crippen molar-refractivity contribution in [1.82, 2.24) is 15.0 Å². The van der Waals surface area contributed by atoms with Crippen LogP contribution in [0.5, 0.6) is 0 Å². The minimum absolute atomic E-state index is 0.0563. The van der Waals surface area contributed by atoms with Gasteiger partial charge in [-0.05, 0) is 55.3 Å². The number of anilines is 1. The summed E-state index contributed by atoms with van der Waals surface area (Å²) in [6.07, 6.45) is 1.37. The molecule has 0 spiro atoms. The minimum Gasteiger partial charge on any atom is -0.339 e. The molecule has 2 aromatic carbocycles. The van der Waals surface area contributed by atoms with Crippen molar-refractivity contribution in [3.8, 4) is 11.4 Å². The van der Waals surface area contributed by atoms with E-state index in [4.69, 9.17) is 16.1 Å². The Balaban J connectivity index is 1.38. The molecule has 0 radical (unpaired) electrons. The van der Waals surface area contributed by atoms with Crippen molar-refractivity contribution in [2.24, 2.45) is 0 Å². The normalized spacial score (nSPS) is 14.5. The van der Waals surface area contributed by atoms with Crippen LogP contribution in [0.3, 0.4) is 0 Å². The quantitative estimate of drug-likeness (QED) is 0.642. The lowest BCUT2D eigenvalue weighted by atomic mass is 9.96. The molecule has 3 aromatic rings. The van der Waals surface area contributed by atoms with Crippen molar-refractivity contribution < 1.29 is 18.5 Å². The van der Waals surface area contributed by atoms with Gasteiger partial charge >= 0.3 is 0 Å². The van der Waals surface area contributed by atoms with Crippen molar-refractivity contribution in [2.45, 2.75) is 25.7 Å². The van der Waals surface area contributed by atoms with E-state index in [-0.39, 0.29) is 22.8 Å². The van der Waals surface area contributed by atoms with Gasteiger partial charge in [0.25, 0.3) is 5.91 Å². The van der Waals surface area contributed by atoms with Crippen LogP contribution in [0.2, 0.25) is 5.02 Å². The van der Waals surface area contributed by atoms with Crippen molar-refractivity contribution in [3.05, 3.63) is 64.8 Å². The largest absolute Gasteiger partial charge is 0.339 e. The van der Waals surface area contributed by atoms with Crippen molar-refractivity contribution in [2.75, 3.05) is 18.4 Å². The Labute approximate surface area is 183 Å². The maximum absolute atomic E-state index is 13.3. The number of hydrogen-bond acceptors (Lipinski definition) is 5. The van der Waals surface area contributed by atoms with E-state index in [1.807, 2.05) is 12.1 Å². The molecule has 1 aliphatic rings. The molecule has 4 rings (SSSR count). The fourth-order valence-corrected chi connectivity index (χ4v) is 3.75. The monoisotopic (exact) mass is 442 g/mol. The van der Waals surface area contributed by atoms with Gasteiger partial charge in [0.1, 0.15) is 5.82 Å². The second kappa shape index (κ2) is 8.85. The van der Waals surface area contributed by atoms with Crippen molar-refractivity contribution >= 4 is 29.1 Å². The number of likely N-dealkylation sites (tertiary alicyclic amines) is 1. The zero-order valence-corrected chi connectivity index (χ0v) is 17.5. The third-order valence-electron chi connectivity index (χ3n) is 5.20. The standard InChI is InChI=1S/C22H20ClFN4O3/c1-13(29)25-17-5-2-14(3-6-17)20-26-21(31-27-20)15-8-10-28(11-9-15)22(30)16-4-7-19(24)18(23)12-16/h2-7,12,15H,8-11H2,1H3,(H,25,29). The Kier molecular flexibility index (Phi) is 5.99. The molecule has 0 aliphatic carbocycles. The van der Waals surface area contributed by atoms with Gasteiger partial charge in [-0.25, -0.2) is 4.39 Å². The van der Waals surface area contributed by atoms with Crippen LogP contribution in [-0.2, 0) is 4.79 Å². The summed E-state index contributed by atoms with van der Waals surface area (Å²) in [5, 5.41) is 6.71. The Hall–Kier alpha value is -3.26. The molecular weight excluding hydrogens is 423 g/mol. The topological polar surface area (TPSA) is 88.3 Å². The summed E-state index contributed by atoms with van der Waals surface area (Å²) in [4.78, 5) is 30.0. The molecule has 0 bridgehead atoms. The molecule has 7 nitrogen and oxygen atoms in total. The summed E-state index contributed by atoms with van der Waals surface area (Å²) >= 11 is 5.79. The zero-order chi connectivity index (χ0) is 22.0. The number of carbonyl (C=O) groups excluding carboxylic acids is 2. The Bertz CT molecular complexity index is 1110. The predicted molar refractivity (Wildman–Crippen MR) is 113 cm³/mol. The van der Waals surface area contributed by atoms with Gasteiger partial charge in [-0.1, -0.05) is 16.8 Å². The lowest BCUT2D eigenvalue weighted by Crippen LogP contribution is -2.38. The molecule has 1 saturated heterocycles. The zero-order valence-electron chi connectivity index (χ0n) is 16.8. The van der Waals surface area contributed by atoms with Crippen LogP contribution >= 0.6 is 11.6 Å². The first-order valence-electron chi connectivity index (χ1n) is 9.86. The van der Waals surface area contributed by atoms with Gasteiger partial charge in [0, 0.05) is 42.7 Å². The van der Waals surface area contributed by atoms with Crippen LogP contribution in [-0.4, -0.2) is 39.9 Å². The van der Waals surface area contributed by atoms with Gasteiger partial charge < -0.3 is 14.7 Å². The van der Waals surface area contributed by atoms with Gasteiger partial charge in [-0.15, -0.1) is 0 Å². The molecule has 1 aromatic heterocycles. The summed E-state index contributed by atoms with van der Waals surface area (Å²) in [6.45, 7) is 2.51. The fraction of sp³-hybridized carbons (Fsp3) is 0.273. The van der Waals surface area contributed by atoms with Gasteiger partial charge in [0.2, 0.25) is 17.6 Å². The highest BCUT2D eigenvalue weighted by atomic mass is 35.5. The number of hydrogen-bond donors (Lipinski definition) is 1. The van der Waals surface area contributed by atoms with Crippen LogP contribution < -0.4 is 5.32 Å². The molecular formula is C22H20ClFN4O3. The third kappa shape index (κ3) is 4.74. The number of nitrogens with zero attached hydrogens (tertiary/aromatic N) is 3. The van der Waals surface area contributed by atoms with E-state index >= 15 is 0 Å². The van der Waals surface area contributed by atoms with Crippen LogP contribution in [0.25, 0.3) is 11.4 Å². The van der Waals surface area contributed by atoms with E-state index in [0.717, 1.165) is 5.56 Å². The number of piperidine rings is 1. The lowest BCUT2D eigenvalue weighted by molar-refractivity contribution is -0.114. The number of amides is 2. The second-order valence-electron chi connectivity index (χ2n) is 7.41. The molecule has 1 fully saturated rings. The van der Waals surface area contributed by atoms with E-state index in [1.54, 1.807) is 17.0 Å². The molecule has 2 amide bonds. The van der Waals surface area contributed by atoms with Crippen LogP contribution in [0, 0.1) is 5.82 Å². The maximum atomic E-state index is 13.3. The van der Waals surface area contributed by atoms with Crippen molar-refractivity contribution in [1.29, 1.82) is 0 Å². The number of carbonyl (C=O) groups is 2. The number of nitrogens with one attached hydrogen (secondary N) is 1. The van der Waals surface area contributed by atoms with Gasteiger partial charge in [-0.2, -0.15) is 4.98 Å². The molecule has 2 heterocycles. The summed E-state index contributed by atoms with van der Waals surface area (Å²) in [5.41, 5.74) is 1.84. The summed E-state index contributed by atoms with van der Waals surface area (Å²) in [7, 11) is 0. The molecule has 9 heteroatoms. The Morgan fingerprint density at radius 1 is 1.16 bits per heavy atom. The van der Waals surface area contributed by atoms with Crippen LogP contribution in [0.1, 0.15) is 41.9 Å². The average molecular weight is 443 g/mol. The molecule has 160 valence electrons. The van der Waals surface area contributed by atoms with E-state index < -0.39 is 5.82 Å². The number of benzene rings is 2. The van der Waals surface area contributed by atoms with Gasteiger partial charge in [0.05, 0.1) is 5.02 Å². The second-order valence-corrected chi connectivity index (χ2v) is 7.82. The van der Waals surface area contributed by atoms with E-state index in [2.05, 4.69) is 15.5 Å². The smallest absolute Gasteiger partial charge is 0.253 e. The molecule has 1 N–H and O–H groups in total. The first-order valence-corrected chi connectivity index (χ1v) is 10.2. The molecule has 0 unspecified atom stereocenters. The Morgan fingerprint density at radius 3 is 2.52 bits per heavy atom. The Morgan fingerprint density at radius 2 is 1.87 bits per heavy atom.